The van der Waals surface area contributed by atoms with Crippen molar-refractivity contribution in [1.29, 1.82) is 5.26 Å². The number of rotatable bonds is 6. The van der Waals surface area contributed by atoms with Gasteiger partial charge in [-0.1, -0.05) is 0 Å². The van der Waals surface area contributed by atoms with E-state index in [1.807, 2.05) is 6.07 Å². The fourth-order valence-corrected chi connectivity index (χ4v) is 2.35. The molecule has 1 aliphatic heterocycles. The molecular weight excluding hydrogens is 350 g/mol. The Labute approximate surface area is 155 Å². The van der Waals surface area contributed by atoms with Crippen LogP contribution in [0.2, 0.25) is 0 Å². The summed E-state index contributed by atoms with van der Waals surface area (Å²) in [6.45, 7) is 0.722. The van der Waals surface area contributed by atoms with Crippen LogP contribution in [0.5, 0.6) is 23.0 Å². The quantitative estimate of drug-likeness (QED) is 0.618. The zero-order valence-electron chi connectivity index (χ0n) is 14.6. The summed E-state index contributed by atoms with van der Waals surface area (Å²) in [5.41, 5.74) is 3.59. The first-order valence-electron chi connectivity index (χ1n) is 8.12. The van der Waals surface area contributed by atoms with E-state index in [2.05, 4.69) is 10.5 Å². The third-order valence-electron chi connectivity index (χ3n) is 3.61. The molecule has 0 unspecified atom stereocenters. The molecule has 1 amide bonds. The summed E-state index contributed by atoms with van der Waals surface area (Å²) < 4.78 is 21.7. The smallest absolute Gasteiger partial charge is 0.277 e. The minimum absolute atomic E-state index is 0.201. The van der Waals surface area contributed by atoms with E-state index in [4.69, 9.17) is 24.2 Å². The molecule has 0 atom stereocenters. The van der Waals surface area contributed by atoms with Gasteiger partial charge in [-0.05, 0) is 36.4 Å². The van der Waals surface area contributed by atoms with Gasteiger partial charge in [0.2, 0.25) is 5.75 Å². The fourth-order valence-electron chi connectivity index (χ4n) is 2.35. The third-order valence-corrected chi connectivity index (χ3v) is 3.61. The largest absolute Gasteiger partial charge is 0.493 e. The number of ether oxygens (including phenoxy) is 4. The Morgan fingerprint density at radius 3 is 2.81 bits per heavy atom. The number of hydrogen-bond acceptors (Lipinski definition) is 7. The molecule has 1 aliphatic rings. The Balaban J connectivity index is 1.55. The normalized spacial score (nSPS) is 12.3. The lowest BCUT2D eigenvalue weighted by atomic mass is 10.2. The van der Waals surface area contributed by atoms with E-state index in [9.17, 15) is 4.79 Å². The lowest BCUT2D eigenvalue weighted by Crippen LogP contribution is -2.24. The molecule has 2 aromatic rings. The molecular formula is C19H17N3O5. The Morgan fingerprint density at radius 1 is 1.30 bits per heavy atom. The summed E-state index contributed by atoms with van der Waals surface area (Å²) in [4.78, 5) is 11.8. The van der Waals surface area contributed by atoms with Gasteiger partial charge in [0.15, 0.2) is 18.1 Å². The molecule has 0 aromatic heterocycles. The average Bonchev–Trinajstić information content (AvgIpc) is 2.72. The summed E-state index contributed by atoms with van der Waals surface area (Å²) in [7, 11) is 1.54. The molecule has 138 valence electrons. The molecule has 1 heterocycles. The lowest BCUT2D eigenvalue weighted by Gasteiger charge is -2.20. The second-order valence-electron chi connectivity index (χ2n) is 5.47. The zero-order chi connectivity index (χ0) is 19.1. The number of hydrazone groups is 1. The zero-order valence-corrected chi connectivity index (χ0v) is 14.6. The maximum atomic E-state index is 11.8. The van der Waals surface area contributed by atoms with Crippen molar-refractivity contribution in [1.82, 2.24) is 5.43 Å². The molecule has 1 N–H and O–H groups in total. The molecule has 0 fully saturated rings. The topological polar surface area (TPSA) is 102 Å². The maximum absolute atomic E-state index is 11.8. The number of carbonyl (C=O) groups is 1. The van der Waals surface area contributed by atoms with Crippen LogP contribution < -0.4 is 24.4 Å². The van der Waals surface area contributed by atoms with E-state index in [0.29, 0.717) is 47.3 Å². The molecule has 8 heteroatoms. The van der Waals surface area contributed by atoms with Crippen LogP contribution in [0, 0.1) is 11.3 Å². The van der Waals surface area contributed by atoms with Crippen LogP contribution in [0.4, 0.5) is 0 Å². The summed E-state index contributed by atoms with van der Waals surface area (Å²) in [6, 6.07) is 12.0. The van der Waals surface area contributed by atoms with Crippen LogP contribution in [0.1, 0.15) is 11.1 Å². The SMILES string of the molecule is COc1cc(/C=N\NC(=O)COc2ccc(C#N)cc2)cc2c1OCCO2. The molecule has 0 saturated heterocycles. The first kappa shape index (κ1) is 18.1. The molecule has 0 spiro atoms. The van der Waals surface area contributed by atoms with Gasteiger partial charge in [0.05, 0.1) is 25.0 Å². The molecule has 3 rings (SSSR count). The number of amides is 1. The van der Waals surface area contributed by atoms with Gasteiger partial charge in [-0.3, -0.25) is 4.79 Å². The van der Waals surface area contributed by atoms with Crippen LogP contribution in [0.3, 0.4) is 0 Å². The number of benzene rings is 2. The van der Waals surface area contributed by atoms with E-state index in [1.54, 1.807) is 36.4 Å². The standard InChI is InChI=1S/C19H17N3O5/c1-24-16-8-14(9-17-19(16)26-7-6-25-17)11-21-22-18(23)12-27-15-4-2-13(10-20)3-5-15/h2-5,8-9,11H,6-7,12H2,1H3,(H,22,23)/b21-11-. The highest BCUT2D eigenvalue weighted by atomic mass is 16.6. The van der Waals surface area contributed by atoms with Crippen molar-refractivity contribution in [2.75, 3.05) is 26.9 Å². The predicted octanol–water partition coefficient (Wildman–Crippen LogP) is 1.87. The number of nitrogens with zero attached hydrogens (tertiary/aromatic N) is 2. The van der Waals surface area contributed by atoms with Gasteiger partial charge >= 0.3 is 0 Å². The van der Waals surface area contributed by atoms with Crippen molar-refractivity contribution in [3.63, 3.8) is 0 Å². The minimum Gasteiger partial charge on any atom is -0.493 e. The van der Waals surface area contributed by atoms with Gasteiger partial charge in [-0.15, -0.1) is 0 Å². The number of carbonyl (C=O) groups excluding carboxylic acids is 1. The van der Waals surface area contributed by atoms with Gasteiger partial charge < -0.3 is 18.9 Å². The van der Waals surface area contributed by atoms with Gasteiger partial charge in [0.1, 0.15) is 19.0 Å². The molecule has 0 saturated carbocycles. The van der Waals surface area contributed by atoms with E-state index >= 15 is 0 Å². The van der Waals surface area contributed by atoms with Crippen molar-refractivity contribution in [2.24, 2.45) is 5.10 Å². The number of nitriles is 1. The summed E-state index contributed by atoms with van der Waals surface area (Å²) in [6.07, 6.45) is 1.47. The summed E-state index contributed by atoms with van der Waals surface area (Å²) in [5.74, 6) is 1.73. The van der Waals surface area contributed by atoms with E-state index in [1.165, 1.54) is 13.3 Å². The first-order valence-corrected chi connectivity index (χ1v) is 8.12. The molecule has 2 aromatic carbocycles. The van der Waals surface area contributed by atoms with Gasteiger partial charge in [0.25, 0.3) is 5.91 Å². The first-order chi connectivity index (χ1) is 13.2. The van der Waals surface area contributed by atoms with Crippen LogP contribution in [-0.4, -0.2) is 39.1 Å². The highest BCUT2D eigenvalue weighted by Crippen LogP contribution is 2.39. The van der Waals surface area contributed by atoms with Gasteiger partial charge in [0, 0.05) is 5.56 Å². The Hall–Kier alpha value is -3.73. The predicted molar refractivity (Wildman–Crippen MR) is 96.4 cm³/mol. The monoisotopic (exact) mass is 367 g/mol. The number of fused-ring (bicyclic) bond motifs is 1. The highest BCUT2D eigenvalue weighted by Gasteiger charge is 2.17. The number of nitrogens with one attached hydrogen (secondary N) is 1. The van der Waals surface area contributed by atoms with Gasteiger partial charge in [-0.2, -0.15) is 10.4 Å². The van der Waals surface area contributed by atoms with Gasteiger partial charge in [-0.25, -0.2) is 5.43 Å². The maximum Gasteiger partial charge on any atom is 0.277 e. The Kier molecular flexibility index (Phi) is 5.74. The molecule has 8 nitrogen and oxygen atoms in total. The van der Waals surface area contributed by atoms with E-state index in [-0.39, 0.29) is 6.61 Å². The Morgan fingerprint density at radius 2 is 2.07 bits per heavy atom. The summed E-state index contributed by atoms with van der Waals surface area (Å²) >= 11 is 0. The minimum atomic E-state index is -0.417. The van der Waals surface area contributed by atoms with Crippen molar-refractivity contribution >= 4 is 12.1 Å². The molecule has 0 bridgehead atoms. The highest BCUT2D eigenvalue weighted by molar-refractivity contribution is 5.84. The number of hydrogen-bond donors (Lipinski definition) is 1. The van der Waals surface area contributed by atoms with Crippen LogP contribution in [-0.2, 0) is 4.79 Å². The van der Waals surface area contributed by atoms with Crippen LogP contribution in [0.15, 0.2) is 41.5 Å². The lowest BCUT2D eigenvalue weighted by molar-refractivity contribution is -0.123. The van der Waals surface area contributed by atoms with E-state index < -0.39 is 5.91 Å². The van der Waals surface area contributed by atoms with Crippen molar-refractivity contribution < 1.29 is 23.7 Å². The van der Waals surface area contributed by atoms with Crippen LogP contribution >= 0.6 is 0 Å². The van der Waals surface area contributed by atoms with Crippen molar-refractivity contribution in [2.45, 2.75) is 0 Å². The second-order valence-corrected chi connectivity index (χ2v) is 5.47. The summed E-state index contributed by atoms with van der Waals surface area (Å²) in [5, 5.41) is 12.6. The van der Waals surface area contributed by atoms with Crippen molar-refractivity contribution in [3.05, 3.63) is 47.5 Å². The molecule has 0 radical (unpaired) electrons. The third kappa shape index (κ3) is 4.67. The Bertz CT molecular complexity index is 870. The van der Waals surface area contributed by atoms with E-state index in [0.717, 1.165) is 0 Å². The second kappa shape index (κ2) is 8.58. The fraction of sp³-hybridized carbons (Fsp3) is 0.211. The molecule has 27 heavy (non-hydrogen) atoms. The van der Waals surface area contributed by atoms with Crippen LogP contribution in [0.25, 0.3) is 0 Å². The van der Waals surface area contributed by atoms with Crippen molar-refractivity contribution in [3.8, 4) is 29.1 Å². The number of methoxy groups -OCH3 is 1. The molecule has 0 aliphatic carbocycles. The average molecular weight is 367 g/mol.